The third-order valence-electron chi connectivity index (χ3n) is 5.08. The number of hydrogen-bond acceptors (Lipinski definition) is 3. The molecule has 6 heteroatoms. The number of carbonyl (C=O) groups excluding carboxylic acids is 2. The van der Waals surface area contributed by atoms with Gasteiger partial charge in [-0.3, -0.25) is 9.59 Å². The van der Waals surface area contributed by atoms with Gasteiger partial charge in [0.25, 0.3) is 0 Å². The average Bonchev–Trinajstić information content (AvgIpc) is 3.61. The molecule has 158 valence electrons. The van der Waals surface area contributed by atoms with Gasteiger partial charge in [0, 0.05) is 27.2 Å². The van der Waals surface area contributed by atoms with E-state index in [1.807, 2.05) is 73.7 Å². The van der Waals surface area contributed by atoms with E-state index in [0.717, 1.165) is 34.6 Å². The Morgan fingerprint density at radius 2 is 1.68 bits per heavy atom. The normalized spacial score (nSPS) is 14.0. The van der Waals surface area contributed by atoms with Crippen LogP contribution in [0.1, 0.15) is 29.2 Å². The van der Waals surface area contributed by atoms with Gasteiger partial charge >= 0.3 is 0 Å². The van der Waals surface area contributed by atoms with E-state index < -0.39 is 5.25 Å². The van der Waals surface area contributed by atoms with Crippen molar-refractivity contribution in [3.8, 4) is 0 Å². The fourth-order valence-electron chi connectivity index (χ4n) is 3.15. The first kappa shape index (κ1) is 21.5. The number of halogens is 1. The minimum atomic E-state index is -0.462. The molecule has 0 aromatic heterocycles. The number of hydrogen-bond donors (Lipinski definition) is 2. The quantitative estimate of drug-likeness (QED) is 0.405. The summed E-state index contributed by atoms with van der Waals surface area (Å²) in [6.07, 6.45) is 1.92. The number of rotatable bonds is 7. The van der Waals surface area contributed by atoms with E-state index in [2.05, 4.69) is 10.6 Å². The summed E-state index contributed by atoms with van der Waals surface area (Å²) >= 11 is 7.66. The third kappa shape index (κ3) is 5.69. The smallest absolute Gasteiger partial charge is 0.242 e. The van der Waals surface area contributed by atoms with Crippen LogP contribution in [-0.2, 0) is 9.59 Å². The van der Waals surface area contributed by atoms with Crippen LogP contribution in [0, 0.1) is 12.8 Å². The van der Waals surface area contributed by atoms with Gasteiger partial charge in [-0.2, -0.15) is 0 Å². The molecule has 0 spiro atoms. The van der Waals surface area contributed by atoms with Crippen LogP contribution >= 0.6 is 23.4 Å². The van der Waals surface area contributed by atoms with Gasteiger partial charge in [0.15, 0.2) is 0 Å². The zero-order chi connectivity index (χ0) is 21.8. The van der Waals surface area contributed by atoms with Crippen LogP contribution in [-0.4, -0.2) is 11.8 Å². The van der Waals surface area contributed by atoms with Crippen LogP contribution in [0.5, 0.6) is 0 Å². The molecule has 0 aliphatic heterocycles. The third-order valence-corrected chi connectivity index (χ3v) is 6.74. The molecular formula is C25H23ClN2O2S. The van der Waals surface area contributed by atoms with E-state index in [0.29, 0.717) is 10.7 Å². The standard InChI is InChI=1S/C25H23ClN2O2S/c1-16-10-13-20(15-22(16)26)28-25(30)23(17-6-3-2-4-7-17)31-21-9-5-8-19(14-21)27-24(29)18-11-12-18/h2-10,13-15,18,23H,11-12H2,1H3,(H,27,29)(H,28,30). The second kappa shape index (κ2) is 9.58. The van der Waals surface area contributed by atoms with Crippen molar-refractivity contribution in [2.24, 2.45) is 5.92 Å². The summed E-state index contributed by atoms with van der Waals surface area (Å²) in [7, 11) is 0. The minimum Gasteiger partial charge on any atom is -0.326 e. The lowest BCUT2D eigenvalue weighted by Crippen LogP contribution is -2.19. The molecule has 1 unspecified atom stereocenters. The Hall–Kier alpha value is -2.76. The largest absolute Gasteiger partial charge is 0.326 e. The van der Waals surface area contributed by atoms with Gasteiger partial charge in [-0.1, -0.05) is 54.1 Å². The summed E-state index contributed by atoms with van der Waals surface area (Å²) in [6.45, 7) is 1.92. The predicted molar refractivity (Wildman–Crippen MR) is 128 cm³/mol. The second-order valence-corrected chi connectivity index (χ2v) is 9.24. The van der Waals surface area contributed by atoms with E-state index in [-0.39, 0.29) is 17.7 Å². The van der Waals surface area contributed by atoms with Gasteiger partial charge in [-0.25, -0.2) is 0 Å². The molecule has 4 nitrogen and oxygen atoms in total. The lowest BCUT2D eigenvalue weighted by Gasteiger charge is -2.18. The van der Waals surface area contributed by atoms with Crippen LogP contribution in [0.4, 0.5) is 11.4 Å². The van der Waals surface area contributed by atoms with Crippen molar-refractivity contribution in [2.75, 3.05) is 10.6 Å². The van der Waals surface area contributed by atoms with E-state index >= 15 is 0 Å². The zero-order valence-corrected chi connectivity index (χ0v) is 18.7. The van der Waals surface area contributed by atoms with Crippen LogP contribution in [0.25, 0.3) is 0 Å². The highest BCUT2D eigenvalue weighted by Gasteiger charge is 2.29. The van der Waals surface area contributed by atoms with Crippen molar-refractivity contribution in [1.82, 2.24) is 0 Å². The van der Waals surface area contributed by atoms with Gasteiger partial charge in [0.05, 0.1) is 0 Å². The van der Waals surface area contributed by atoms with Gasteiger partial charge in [-0.15, -0.1) is 11.8 Å². The summed E-state index contributed by atoms with van der Waals surface area (Å²) in [5, 5.41) is 6.10. The summed E-state index contributed by atoms with van der Waals surface area (Å²) in [5.41, 5.74) is 3.27. The van der Waals surface area contributed by atoms with Gasteiger partial charge in [0.1, 0.15) is 5.25 Å². The van der Waals surface area contributed by atoms with Crippen molar-refractivity contribution in [1.29, 1.82) is 0 Å². The van der Waals surface area contributed by atoms with Gasteiger partial charge in [0.2, 0.25) is 11.8 Å². The Labute approximate surface area is 191 Å². The van der Waals surface area contributed by atoms with Gasteiger partial charge < -0.3 is 10.6 Å². The van der Waals surface area contributed by atoms with Crippen molar-refractivity contribution in [2.45, 2.75) is 29.9 Å². The maximum atomic E-state index is 13.2. The monoisotopic (exact) mass is 450 g/mol. The Kier molecular flexibility index (Phi) is 6.64. The Morgan fingerprint density at radius 3 is 2.39 bits per heavy atom. The molecule has 1 atom stereocenters. The molecule has 2 amide bonds. The number of nitrogens with one attached hydrogen (secondary N) is 2. The Bertz CT molecular complexity index is 1100. The van der Waals surface area contributed by atoms with Crippen molar-refractivity contribution >= 4 is 46.6 Å². The molecule has 3 aromatic rings. The lowest BCUT2D eigenvalue weighted by atomic mass is 10.1. The zero-order valence-electron chi connectivity index (χ0n) is 17.1. The highest BCUT2D eigenvalue weighted by molar-refractivity contribution is 8.00. The molecule has 0 radical (unpaired) electrons. The lowest BCUT2D eigenvalue weighted by molar-refractivity contribution is -0.117. The first-order valence-electron chi connectivity index (χ1n) is 10.2. The Morgan fingerprint density at radius 1 is 0.935 bits per heavy atom. The molecular weight excluding hydrogens is 428 g/mol. The minimum absolute atomic E-state index is 0.0655. The topological polar surface area (TPSA) is 58.2 Å². The first-order chi connectivity index (χ1) is 15.0. The van der Waals surface area contributed by atoms with Crippen molar-refractivity contribution in [3.05, 3.63) is 88.9 Å². The molecule has 4 rings (SSSR count). The molecule has 3 aromatic carbocycles. The van der Waals surface area contributed by atoms with Crippen LogP contribution in [0.3, 0.4) is 0 Å². The molecule has 1 aliphatic carbocycles. The number of anilines is 2. The fraction of sp³-hybridized carbons (Fsp3) is 0.200. The van der Waals surface area contributed by atoms with Crippen LogP contribution in [0.15, 0.2) is 77.7 Å². The van der Waals surface area contributed by atoms with Gasteiger partial charge in [-0.05, 0) is 61.2 Å². The molecule has 2 N–H and O–H groups in total. The van der Waals surface area contributed by atoms with E-state index in [9.17, 15) is 9.59 Å². The molecule has 0 bridgehead atoms. The number of amides is 2. The molecule has 0 heterocycles. The molecule has 0 saturated heterocycles. The number of aryl methyl sites for hydroxylation is 1. The maximum absolute atomic E-state index is 13.2. The molecule has 31 heavy (non-hydrogen) atoms. The summed E-state index contributed by atoms with van der Waals surface area (Å²) in [5.74, 6) is 0.0692. The van der Waals surface area contributed by atoms with E-state index in [1.54, 1.807) is 6.07 Å². The highest BCUT2D eigenvalue weighted by atomic mass is 35.5. The number of carbonyl (C=O) groups is 2. The number of thioether (sulfide) groups is 1. The second-order valence-electron chi connectivity index (χ2n) is 7.65. The van der Waals surface area contributed by atoms with Crippen molar-refractivity contribution in [3.63, 3.8) is 0 Å². The van der Waals surface area contributed by atoms with Crippen LogP contribution < -0.4 is 10.6 Å². The summed E-state index contributed by atoms with van der Waals surface area (Å²) < 4.78 is 0. The summed E-state index contributed by atoms with van der Waals surface area (Å²) in [6, 6.07) is 22.8. The first-order valence-corrected chi connectivity index (χ1v) is 11.4. The predicted octanol–water partition coefficient (Wildman–Crippen LogP) is 6.47. The van der Waals surface area contributed by atoms with Crippen molar-refractivity contribution < 1.29 is 9.59 Å². The molecule has 1 aliphatic rings. The fourth-order valence-corrected chi connectivity index (χ4v) is 4.42. The summed E-state index contributed by atoms with van der Waals surface area (Å²) in [4.78, 5) is 26.2. The average molecular weight is 451 g/mol. The van der Waals surface area contributed by atoms with E-state index in [4.69, 9.17) is 11.6 Å². The molecule has 1 fully saturated rings. The highest BCUT2D eigenvalue weighted by Crippen LogP contribution is 2.38. The maximum Gasteiger partial charge on any atom is 0.242 e. The molecule has 1 saturated carbocycles. The Balaban J connectivity index is 1.54. The van der Waals surface area contributed by atoms with E-state index in [1.165, 1.54) is 11.8 Å². The SMILES string of the molecule is Cc1ccc(NC(=O)C(Sc2cccc(NC(=O)C3CC3)c2)c2ccccc2)cc1Cl. The number of benzene rings is 3. The van der Waals surface area contributed by atoms with Crippen LogP contribution in [0.2, 0.25) is 5.02 Å².